The molecule has 142 valence electrons. The summed E-state index contributed by atoms with van der Waals surface area (Å²) in [5.41, 5.74) is 2.37. The van der Waals surface area contributed by atoms with Gasteiger partial charge >= 0.3 is 0 Å². The molecule has 0 aliphatic heterocycles. The molecule has 0 spiro atoms. The number of aliphatic hydroxyl groups is 1. The second-order valence-corrected chi connectivity index (χ2v) is 6.59. The number of benzene rings is 2. The second kappa shape index (κ2) is 8.66. The van der Waals surface area contributed by atoms with E-state index in [9.17, 15) is 15.2 Å². The number of nitrogens with one attached hydrogen (secondary N) is 2. The van der Waals surface area contributed by atoms with Crippen molar-refractivity contribution in [2.24, 2.45) is 0 Å². The number of aromatic amines is 1. The van der Waals surface area contributed by atoms with E-state index >= 15 is 0 Å². The Morgan fingerprint density at radius 2 is 1.96 bits per heavy atom. The van der Waals surface area contributed by atoms with Crippen LogP contribution in [0.15, 0.2) is 54.7 Å². The van der Waals surface area contributed by atoms with Crippen LogP contribution in [0.4, 0.5) is 5.69 Å². The van der Waals surface area contributed by atoms with Gasteiger partial charge in [0.15, 0.2) is 0 Å². The number of fused-ring (bicyclic) bond motifs is 1. The van der Waals surface area contributed by atoms with Crippen molar-refractivity contribution in [1.29, 1.82) is 0 Å². The third kappa shape index (κ3) is 5.06. The molecule has 3 rings (SSSR count). The highest BCUT2D eigenvalue weighted by molar-refractivity contribution is 5.83. The zero-order chi connectivity index (χ0) is 19.2. The molecular weight excluding hydrogens is 346 g/mol. The summed E-state index contributed by atoms with van der Waals surface area (Å²) in [5, 5.41) is 25.3. The van der Waals surface area contributed by atoms with Gasteiger partial charge < -0.3 is 20.1 Å². The SMILES string of the molecule is CC(Cc1c[nH]c2ccccc12)NCC(O)COc1ccc([N+](=O)[O-])cc1. The molecule has 0 saturated carbocycles. The molecular formula is C20H23N3O4. The molecule has 2 aromatic carbocycles. The van der Waals surface area contributed by atoms with Gasteiger partial charge in [-0.2, -0.15) is 0 Å². The van der Waals surface area contributed by atoms with Crippen LogP contribution in [-0.4, -0.2) is 40.3 Å². The Morgan fingerprint density at radius 1 is 1.22 bits per heavy atom. The van der Waals surface area contributed by atoms with Crippen LogP contribution in [0.3, 0.4) is 0 Å². The Bertz CT molecular complexity index is 892. The third-order valence-corrected chi connectivity index (χ3v) is 4.39. The van der Waals surface area contributed by atoms with E-state index < -0.39 is 11.0 Å². The van der Waals surface area contributed by atoms with Gasteiger partial charge in [0.05, 0.1) is 4.92 Å². The molecule has 0 bridgehead atoms. The van der Waals surface area contributed by atoms with Crippen molar-refractivity contribution >= 4 is 16.6 Å². The first-order valence-corrected chi connectivity index (χ1v) is 8.86. The predicted octanol–water partition coefficient (Wildman–Crippen LogP) is 3.04. The largest absolute Gasteiger partial charge is 0.491 e. The highest BCUT2D eigenvalue weighted by Crippen LogP contribution is 2.19. The number of H-pyrrole nitrogens is 1. The summed E-state index contributed by atoms with van der Waals surface area (Å²) in [5.74, 6) is 0.492. The van der Waals surface area contributed by atoms with Crippen LogP contribution < -0.4 is 10.1 Å². The molecule has 0 radical (unpaired) electrons. The zero-order valence-electron chi connectivity index (χ0n) is 15.1. The average Bonchev–Trinajstić information content (AvgIpc) is 3.08. The number of aromatic nitrogens is 1. The highest BCUT2D eigenvalue weighted by Gasteiger charge is 2.11. The Labute approximate surface area is 157 Å². The molecule has 0 fully saturated rings. The fraction of sp³-hybridized carbons (Fsp3) is 0.300. The minimum atomic E-state index is -0.675. The van der Waals surface area contributed by atoms with Gasteiger partial charge in [0, 0.05) is 41.8 Å². The standard InChI is InChI=1S/C20H23N3O4/c1-14(10-15-11-22-20-5-3-2-4-19(15)20)21-12-17(24)13-27-18-8-6-16(7-9-18)23(25)26/h2-9,11,14,17,21-22,24H,10,12-13H2,1H3. The number of para-hydroxylation sites is 1. The Balaban J connectivity index is 1.43. The summed E-state index contributed by atoms with van der Waals surface area (Å²) in [7, 11) is 0. The van der Waals surface area contributed by atoms with Gasteiger partial charge in [-0.1, -0.05) is 18.2 Å². The maximum absolute atomic E-state index is 10.6. The van der Waals surface area contributed by atoms with Crippen LogP contribution in [0, 0.1) is 10.1 Å². The summed E-state index contributed by atoms with van der Waals surface area (Å²) in [6.07, 6.45) is 2.20. The lowest BCUT2D eigenvalue weighted by Gasteiger charge is -2.17. The fourth-order valence-electron chi connectivity index (χ4n) is 2.96. The van der Waals surface area contributed by atoms with Crippen molar-refractivity contribution in [2.45, 2.75) is 25.5 Å². The zero-order valence-corrected chi connectivity index (χ0v) is 15.1. The van der Waals surface area contributed by atoms with Crippen LogP contribution >= 0.6 is 0 Å². The first-order chi connectivity index (χ1) is 13.0. The number of hydrogen-bond acceptors (Lipinski definition) is 5. The maximum Gasteiger partial charge on any atom is 0.269 e. The number of ether oxygens (including phenoxy) is 1. The molecule has 0 amide bonds. The Kier molecular flexibility index (Phi) is 6.05. The number of nitro groups is 1. The lowest BCUT2D eigenvalue weighted by atomic mass is 10.1. The number of hydrogen-bond donors (Lipinski definition) is 3. The first kappa shape index (κ1) is 18.9. The van der Waals surface area contributed by atoms with Crippen molar-refractivity contribution in [3.05, 3.63) is 70.4 Å². The van der Waals surface area contributed by atoms with Gasteiger partial charge in [0.2, 0.25) is 0 Å². The number of aliphatic hydroxyl groups excluding tert-OH is 1. The number of nitrogens with zero attached hydrogens (tertiary/aromatic N) is 1. The molecule has 1 aromatic heterocycles. The molecule has 2 atom stereocenters. The van der Waals surface area contributed by atoms with Gasteiger partial charge in [0.25, 0.3) is 5.69 Å². The molecule has 7 heteroatoms. The van der Waals surface area contributed by atoms with Crippen molar-refractivity contribution < 1.29 is 14.8 Å². The van der Waals surface area contributed by atoms with Crippen LogP contribution in [0.2, 0.25) is 0 Å². The van der Waals surface area contributed by atoms with Crippen molar-refractivity contribution in [3.63, 3.8) is 0 Å². The third-order valence-electron chi connectivity index (χ3n) is 4.39. The van der Waals surface area contributed by atoms with Gasteiger partial charge in [0.1, 0.15) is 18.5 Å². The normalized spacial score (nSPS) is 13.4. The molecule has 7 nitrogen and oxygen atoms in total. The monoisotopic (exact) mass is 369 g/mol. The van der Waals surface area contributed by atoms with Crippen molar-refractivity contribution in [1.82, 2.24) is 10.3 Å². The maximum atomic E-state index is 10.6. The van der Waals surface area contributed by atoms with Crippen LogP contribution in [0.1, 0.15) is 12.5 Å². The summed E-state index contributed by atoms with van der Waals surface area (Å²) in [6, 6.07) is 14.2. The minimum absolute atomic E-state index is 0.00988. The molecule has 0 saturated heterocycles. The molecule has 0 aliphatic carbocycles. The van der Waals surface area contributed by atoms with E-state index in [-0.39, 0.29) is 18.3 Å². The van der Waals surface area contributed by atoms with Crippen molar-refractivity contribution in [2.75, 3.05) is 13.2 Å². The van der Waals surface area contributed by atoms with E-state index in [1.54, 1.807) is 0 Å². The molecule has 27 heavy (non-hydrogen) atoms. The van der Waals surface area contributed by atoms with Gasteiger partial charge in [-0.25, -0.2) is 0 Å². The van der Waals surface area contributed by atoms with Crippen LogP contribution in [-0.2, 0) is 6.42 Å². The molecule has 3 aromatic rings. The average molecular weight is 369 g/mol. The van der Waals surface area contributed by atoms with E-state index in [4.69, 9.17) is 4.74 Å². The quantitative estimate of drug-likeness (QED) is 0.398. The van der Waals surface area contributed by atoms with Gasteiger partial charge in [-0.05, 0) is 37.1 Å². The van der Waals surface area contributed by atoms with E-state index in [1.165, 1.54) is 35.2 Å². The van der Waals surface area contributed by atoms with Gasteiger partial charge in [-0.15, -0.1) is 0 Å². The highest BCUT2D eigenvalue weighted by atomic mass is 16.6. The second-order valence-electron chi connectivity index (χ2n) is 6.59. The number of non-ortho nitro benzene ring substituents is 1. The topological polar surface area (TPSA) is 100 Å². The molecule has 0 aliphatic rings. The lowest BCUT2D eigenvalue weighted by Crippen LogP contribution is -2.37. The summed E-state index contributed by atoms with van der Waals surface area (Å²) >= 11 is 0. The minimum Gasteiger partial charge on any atom is -0.491 e. The Morgan fingerprint density at radius 3 is 2.70 bits per heavy atom. The predicted molar refractivity (Wildman–Crippen MR) is 104 cm³/mol. The Hall–Kier alpha value is -2.90. The van der Waals surface area contributed by atoms with Gasteiger partial charge in [-0.3, -0.25) is 10.1 Å². The first-order valence-electron chi connectivity index (χ1n) is 8.86. The van der Waals surface area contributed by atoms with Crippen molar-refractivity contribution in [3.8, 4) is 5.75 Å². The lowest BCUT2D eigenvalue weighted by molar-refractivity contribution is -0.384. The summed E-state index contributed by atoms with van der Waals surface area (Å²) in [6.45, 7) is 2.59. The number of nitro benzene ring substituents is 1. The fourth-order valence-corrected chi connectivity index (χ4v) is 2.96. The van der Waals surface area contributed by atoms with E-state index in [1.807, 2.05) is 18.3 Å². The van der Waals surface area contributed by atoms with E-state index in [2.05, 4.69) is 29.4 Å². The summed E-state index contributed by atoms with van der Waals surface area (Å²) in [4.78, 5) is 13.4. The molecule has 2 unspecified atom stereocenters. The van der Waals surface area contributed by atoms with Crippen LogP contribution in [0.25, 0.3) is 10.9 Å². The summed E-state index contributed by atoms with van der Waals surface area (Å²) < 4.78 is 5.48. The van der Waals surface area contributed by atoms with E-state index in [0.717, 1.165) is 11.9 Å². The number of rotatable bonds is 9. The molecule has 1 heterocycles. The molecule has 3 N–H and O–H groups in total. The van der Waals surface area contributed by atoms with E-state index in [0.29, 0.717) is 12.3 Å². The van der Waals surface area contributed by atoms with Crippen LogP contribution in [0.5, 0.6) is 5.75 Å². The smallest absolute Gasteiger partial charge is 0.269 e.